The first kappa shape index (κ1) is 18.5. The molecule has 0 fully saturated rings. The third-order valence-corrected chi connectivity index (χ3v) is 4.01. The minimum Gasteiger partial charge on any atom is -0.492 e. The molecule has 25 heavy (non-hydrogen) atoms. The molecule has 2 aromatic rings. The largest absolute Gasteiger partial charge is 0.492 e. The molecular weight excluding hydrogens is 360 g/mol. The van der Waals surface area contributed by atoms with Crippen molar-refractivity contribution in [1.82, 2.24) is 0 Å². The smallest absolute Gasteiger partial charge is 0.270 e. The molecule has 0 aliphatic rings. The number of nitrogens with two attached hydrogens (primary N) is 1. The van der Waals surface area contributed by atoms with Gasteiger partial charge in [-0.1, -0.05) is 0 Å². The lowest BCUT2D eigenvalue weighted by Gasteiger charge is -2.11. The third kappa shape index (κ3) is 4.84. The molecule has 0 aliphatic carbocycles. The van der Waals surface area contributed by atoms with Gasteiger partial charge in [0, 0.05) is 24.7 Å². The van der Waals surface area contributed by atoms with Crippen LogP contribution in [0, 0.1) is 21.7 Å². The number of hydrogen-bond donors (Lipinski definition) is 2. The number of primary sulfonamides is 1. The van der Waals surface area contributed by atoms with Crippen molar-refractivity contribution in [3.05, 3.63) is 58.1 Å². The van der Waals surface area contributed by atoms with Crippen molar-refractivity contribution in [2.75, 3.05) is 18.5 Å². The van der Waals surface area contributed by atoms with E-state index in [1.54, 1.807) is 0 Å². The van der Waals surface area contributed by atoms with E-state index in [2.05, 4.69) is 5.32 Å². The zero-order chi connectivity index (χ0) is 18.6. The first-order chi connectivity index (χ1) is 11.7. The van der Waals surface area contributed by atoms with Crippen molar-refractivity contribution in [2.45, 2.75) is 4.90 Å². The molecule has 0 aromatic heterocycles. The normalized spacial score (nSPS) is 11.2. The second kappa shape index (κ2) is 7.40. The first-order valence-electron chi connectivity index (χ1n) is 6.81. The Morgan fingerprint density at radius 3 is 2.48 bits per heavy atom. The molecule has 3 N–H and O–H groups in total. The molecule has 2 rings (SSSR count). The van der Waals surface area contributed by atoms with Gasteiger partial charge in [0.1, 0.15) is 17.3 Å². The highest BCUT2D eigenvalue weighted by Gasteiger charge is 2.18. The summed E-state index contributed by atoms with van der Waals surface area (Å²) < 4.78 is 54.1. The van der Waals surface area contributed by atoms with Crippen LogP contribution in [0.4, 0.5) is 20.2 Å². The zero-order valence-corrected chi connectivity index (χ0v) is 13.4. The van der Waals surface area contributed by atoms with Crippen LogP contribution in [0.15, 0.2) is 41.3 Å². The van der Waals surface area contributed by atoms with Crippen LogP contribution in [0.3, 0.4) is 0 Å². The second-order valence-electron chi connectivity index (χ2n) is 4.83. The molecule has 0 radical (unpaired) electrons. The molecule has 0 atom stereocenters. The SMILES string of the molecule is NS(=O)(=O)c1cc([N+](=O)[O-])ccc1NCCOc1ccc(F)c(F)c1. The van der Waals surface area contributed by atoms with E-state index >= 15 is 0 Å². The van der Waals surface area contributed by atoms with Gasteiger partial charge >= 0.3 is 0 Å². The van der Waals surface area contributed by atoms with Gasteiger partial charge in [-0.3, -0.25) is 10.1 Å². The van der Waals surface area contributed by atoms with Crippen molar-refractivity contribution in [3.63, 3.8) is 0 Å². The summed E-state index contributed by atoms with van der Waals surface area (Å²) in [6, 6.07) is 6.18. The summed E-state index contributed by atoms with van der Waals surface area (Å²) in [5.41, 5.74) is -0.366. The van der Waals surface area contributed by atoms with Gasteiger partial charge in [0.25, 0.3) is 5.69 Å². The molecule has 0 saturated heterocycles. The minimum atomic E-state index is -4.19. The predicted octanol–water partition coefficient (Wildman–Crippen LogP) is 2.01. The van der Waals surface area contributed by atoms with Gasteiger partial charge in [0.2, 0.25) is 10.0 Å². The Labute approximate surface area is 141 Å². The first-order valence-corrected chi connectivity index (χ1v) is 8.36. The summed E-state index contributed by atoms with van der Waals surface area (Å²) in [6.07, 6.45) is 0. The Kier molecular flexibility index (Phi) is 5.49. The summed E-state index contributed by atoms with van der Waals surface area (Å²) in [7, 11) is -4.19. The Morgan fingerprint density at radius 1 is 1.16 bits per heavy atom. The van der Waals surface area contributed by atoms with Crippen LogP contribution in [0.1, 0.15) is 0 Å². The summed E-state index contributed by atoms with van der Waals surface area (Å²) in [4.78, 5) is 9.55. The maximum atomic E-state index is 13.0. The van der Waals surface area contributed by atoms with Crippen molar-refractivity contribution < 1.29 is 26.9 Å². The van der Waals surface area contributed by atoms with Gasteiger partial charge < -0.3 is 10.1 Å². The molecule has 8 nitrogen and oxygen atoms in total. The van der Waals surface area contributed by atoms with E-state index in [0.29, 0.717) is 0 Å². The number of nitro groups is 1. The number of non-ortho nitro benzene ring substituents is 1. The van der Waals surface area contributed by atoms with Gasteiger partial charge in [0.05, 0.1) is 10.6 Å². The molecule has 0 aliphatic heterocycles. The standard InChI is InChI=1S/C14H13F2N3O5S/c15-11-3-2-10(8-12(11)16)24-6-5-18-13-4-1-9(19(20)21)7-14(13)25(17,22)23/h1-4,7-8,18H,5-6H2,(H2,17,22,23). The maximum Gasteiger partial charge on any atom is 0.270 e. The van der Waals surface area contributed by atoms with Crippen molar-refractivity contribution in [1.29, 1.82) is 0 Å². The summed E-state index contributed by atoms with van der Waals surface area (Å²) >= 11 is 0. The van der Waals surface area contributed by atoms with Crippen molar-refractivity contribution in [3.8, 4) is 5.75 Å². The van der Waals surface area contributed by atoms with Crippen LogP contribution in [-0.2, 0) is 10.0 Å². The van der Waals surface area contributed by atoms with Crippen molar-refractivity contribution >= 4 is 21.4 Å². The molecule has 0 heterocycles. The highest BCUT2D eigenvalue weighted by Crippen LogP contribution is 2.25. The number of ether oxygens (including phenoxy) is 1. The van der Waals surface area contributed by atoms with E-state index in [1.807, 2.05) is 0 Å². The molecule has 0 unspecified atom stereocenters. The fraction of sp³-hybridized carbons (Fsp3) is 0.143. The summed E-state index contributed by atoms with van der Waals surface area (Å²) in [5, 5.41) is 18.5. The lowest BCUT2D eigenvalue weighted by molar-refractivity contribution is -0.385. The van der Waals surface area contributed by atoms with Crippen LogP contribution in [-0.4, -0.2) is 26.5 Å². The van der Waals surface area contributed by atoms with Gasteiger partial charge in [0.15, 0.2) is 11.6 Å². The van der Waals surface area contributed by atoms with Crippen molar-refractivity contribution in [2.24, 2.45) is 5.14 Å². The molecule has 0 bridgehead atoms. The average Bonchev–Trinajstić information content (AvgIpc) is 2.53. The lowest BCUT2D eigenvalue weighted by atomic mass is 10.3. The van der Waals surface area contributed by atoms with E-state index in [0.717, 1.165) is 24.3 Å². The molecule has 0 amide bonds. The van der Waals surface area contributed by atoms with E-state index < -0.39 is 37.2 Å². The number of sulfonamides is 1. The van der Waals surface area contributed by atoms with Gasteiger partial charge in [-0.25, -0.2) is 22.3 Å². The number of nitrogens with one attached hydrogen (secondary N) is 1. The Hall–Kier alpha value is -2.79. The Balaban J connectivity index is 2.05. The quantitative estimate of drug-likeness (QED) is 0.435. The molecule has 11 heteroatoms. The second-order valence-corrected chi connectivity index (χ2v) is 6.36. The molecule has 0 saturated carbocycles. The predicted molar refractivity (Wildman–Crippen MR) is 84.8 cm³/mol. The van der Waals surface area contributed by atoms with E-state index in [9.17, 15) is 27.3 Å². The molecular formula is C14H13F2N3O5S. The molecule has 134 valence electrons. The zero-order valence-electron chi connectivity index (χ0n) is 12.6. The van der Waals surface area contributed by atoms with E-state index in [-0.39, 0.29) is 24.6 Å². The fourth-order valence-electron chi connectivity index (χ4n) is 1.93. The van der Waals surface area contributed by atoms with Crippen LogP contribution in [0.25, 0.3) is 0 Å². The average molecular weight is 373 g/mol. The van der Waals surface area contributed by atoms with E-state index in [4.69, 9.17) is 9.88 Å². The Bertz CT molecular complexity index is 905. The summed E-state index contributed by atoms with van der Waals surface area (Å²) in [5.74, 6) is -1.97. The maximum absolute atomic E-state index is 13.0. The molecule has 2 aromatic carbocycles. The van der Waals surface area contributed by atoms with Gasteiger partial charge in [-0.2, -0.15) is 0 Å². The lowest BCUT2D eigenvalue weighted by Crippen LogP contribution is -2.18. The Morgan fingerprint density at radius 2 is 1.88 bits per heavy atom. The number of rotatable bonds is 7. The summed E-state index contributed by atoms with van der Waals surface area (Å²) in [6.45, 7) is 0.0748. The fourth-order valence-corrected chi connectivity index (χ4v) is 2.66. The van der Waals surface area contributed by atoms with Crippen LogP contribution in [0.5, 0.6) is 5.75 Å². The van der Waals surface area contributed by atoms with Crippen LogP contribution < -0.4 is 15.2 Å². The minimum absolute atomic E-state index is 0.00782. The third-order valence-electron chi connectivity index (χ3n) is 3.06. The highest BCUT2D eigenvalue weighted by molar-refractivity contribution is 7.89. The number of nitro benzene ring substituents is 1. The number of hydrogen-bond acceptors (Lipinski definition) is 6. The number of halogens is 2. The number of benzene rings is 2. The van der Waals surface area contributed by atoms with E-state index in [1.165, 1.54) is 12.1 Å². The monoisotopic (exact) mass is 373 g/mol. The van der Waals surface area contributed by atoms with Crippen LogP contribution >= 0.6 is 0 Å². The van der Waals surface area contributed by atoms with Crippen LogP contribution in [0.2, 0.25) is 0 Å². The van der Waals surface area contributed by atoms with Gasteiger partial charge in [-0.05, 0) is 18.2 Å². The number of nitrogens with zero attached hydrogens (tertiary/aromatic N) is 1. The molecule has 0 spiro atoms. The topological polar surface area (TPSA) is 125 Å². The van der Waals surface area contributed by atoms with Gasteiger partial charge in [-0.15, -0.1) is 0 Å². The highest BCUT2D eigenvalue weighted by atomic mass is 32.2. The number of anilines is 1.